The van der Waals surface area contributed by atoms with Crippen LogP contribution in [0.1, 0.15) is 0 Å². The van der Waals surface area contributed by atoms with Crippen LogP contribution in [0.25, 0.3) is 0 Å². The molecule has 1 amide bonds. The summed E-state index contributed by atoms with van der Waals surface area (Å²) in [5, 5.41) is 11.9. The van der Waals surface area contributed by atoms with Gasteiger partial charge in [0, 0.05) is 12.3 Å². The van der Waals surface area contributed by atoms with Crippen molar-refractivity contribution in [3.05, 3.63) is 59.0 Å². The number of amides is 1. The molecule has 0 aliphatic carbocycles. The minimum Gasteiger partial charge on any atom is -0.506 e. The van der Waals surface area contributed by atoms with E-state index in [1.54, 1.807) is 24.3 Å². The number of aromatic nitrogens is 1. The fourth-order valence-electron chi connectivity index (χ4n) is 1.69. The first kappa shape index (κ1) is 15.3. The number of nitrogens with zero attached hydrogens (tertiary/aromatic N) is 1. The molecule has 0 bridgehead atoms. The average molecular weight is 302 g/mol. The number of ether oxygens (including phenoxy) is 1. The van der Waals surface area contributed by atoms with E-state index in [0.717, 1.165) is 0 Å². The van der Waals surface area contributed by atoms with Crippen molar-refractivity contribution in [1.82, 2.24) is 4.57 Å². The van der Waals surface area contributed by atoms with Crippen LogP contribution in [-0.2, 0) is 20.9 Å². The van der Waals surface area contributed by atoms with Gasteiger partial charge in [0.25, 0.3) is 11.5 Å². The summed E-state index contributed by atoms with van der Waals surface area (Å²) in [5.41, 5.74) is -0.110. The Morgan fingerprint density at radius 2 is 1.86 bits per heavy atom. The molecule has 7 nitrogen and oxygen atoms in total. The topological polar surface area (TPSA) is 97.6 Å². The van der Waals surface area contributed by atoms with Crippen LogP contribution in [0.5, 0.6) is 5.75 Å². The number of aromatic hydroxyl groups is 1. The molecule has 2 rings (SSSR count). The van der Waals surface area contributed by atoms with Crippen molar-refractivity contribution in [2.45, 2.75) is 6.54 Å². The van der Waals surface area contributed by atoms with Crippen molar-refractivity contribution in [2.24, 2.45) is 0 Å². The summed E-state index contributed by atoms with van der Waals surface area (Å²) in [7, 11) is 0. The first-order chi connectivity index (χ1) is 10.6. The number of rotatable bonds is 5. The summed E-state index contributed by atoms with van der Waals surface area (Å²) < 4.78 is 5.95. The third-order valence-corrected chi connectivity index (χ3v) is 2.74. The fourth-order valence-corrected chi connectivity index (χ4v) is 1.69. The van der Waals surface area contributed by atoms with E-state index in [1.165, 1.54) is 29.0 Å². The van der Waals surface area contributed by atoms with Crippen LogP contribution in [0.15, 0.2) is 53.5 Å². The van der Waals surface area contributed by atoms with E-state index in [9.17, 15) is 19.5 Å². The first-order valence-electron chi connectivity index (χ1n) is 6.45. The largest absolute Gasteiger partial charge is 0.506 e. The lowest BCUT2D eigenvalue weighted by molar-refractivity contribution is -0.147. The smallest absolute Gasteiger partial charge is 0.326 e. The molecule has 0 spiro atoms. The Labute approximate surface area is 125 Å². The molecular weight excluding hydrogens is 288 g/mol. The molecule has 0 aliphatic rings. The molecule has 2 N–H and O–H groups in total. The van der Waals surface area contributed by atoms with Crippen molar-refractivity contribution in [2.75, 3.05) is 11.9 Å². The summed E-state index contributed by atoms with van der Waals surface area (Å²) in [4.78, 5) is 34.6. The van der Waals surface area contributed by atoms with Crippen LogP contribution in [-0.4, -0.2) is 28.2 Å². The fraction of sp³-hybridized carbons (Fsp3) is 0.133. The van der Waals surface area contributed by atoms with Gasteiger partial charge in [-0.1, -0.05) is 18.2 Å². The Kier molecular flexibility index (Phi) is 4.92. The molecule has 1 heterocycles. The van der Waals surface area contributed by atoms with Gasteiger partial charge in [-0.2, -0.15) is 0 Å². The van der Waals surface area contributed by atoms with Crippen molar-refractivity contribution >= 4 is 17.6 Å². The third-order valence-electron chi connectivity index (χ3n) is 2.74. The zero-order valence-electron chi connectivity index (χ0n) is 11.6. The van der Waals surface area contributed by atoms with E-state index in [4.69, 9.17) is 4.74 Å². The van der Waals surface area contributed by atoms with Gasteiger partial charge in [-0.05, 0) is 18.2 Å². The van der Waals surface area contributed by atoms with Gasteiger partial charge >= 0.3 is 5.97 Å². The molecule has 114 valence electrons. The molecule has 0 aliphatic heterocycles. The Morgan fingerprint density at radius 3 is 2.59 bits per heavy atom. The quantitative estimate of drug-likeness (QED) is 0.627. The molecule has 0 fully saturated rings. The van der Waals surface area contributed by atoms with Crippen LogP contribution < -0.4 is 10.9 Å². The molecule has 0 unspecified atom stereocenters. The van der Waals surface area contributed by atoms with E-state index in [2.05, 4.69) is 5.32 Å². The molecule has 1 aromatic carbocycles. The van der Waals surface area contributed by atoms with Gasteiger partial charge in [0.05, 0.1) is 5.69 Å². The predicted molar refractivity (Wildman–Crippen MR) is 78.4 cm³/mol. The molecule has 0 radical (unpaired) electrons. The maximum atomic E-state index is 11.6. The van der Waals surface area contributed by atoms with Crippen molar-refractivity contribution in [1.29, 1.82) is 0 Å². The summed E-state index contributed by atoms with van der Waals surface area (Å²) in [6.07, 6.45) is 1.45. The van der Waals surface area contributed by atoms with E-state index in [0.29, 0.717) is 0 Å². The number of anilines is 1. The SMILES string of the molecule is O=C(COC(=O)Cn1ccccc1=O)Nc1ccccc1O. The Hall–Kier alpha value is -3.09. The number of hydrogen-bond acceptors (Lipinski definition) is 5. The third kappa shape index (κ3) is 4.20. The number of nitrogens with one attached hydrogen (secondary N) is 1. The monoisotopic (exact) mass is 302 g/mol. The number of para-hydroxylation sites is 2. The number of hydrogen-bond donors (Lipinski definition) is 2. The zero-order valence-corrected chi connectivity index (χ0v) is 11.6. The van der Waals surface area contributed by atoms with Gasteiger partial charge in [-0.15, -0.1) is 0 Å². The van der Waals surface area contributed by atoms with Crippen LogP contribution in [0.3, 0.4) is 0 Å². The summed E-state index contributed by atoms with van der Waals surface area (Å²) >= 11 is 0. The number of phenolic OH excluding ortho intramolecular Hbond substituents is 1. The van der Waals surface area contributed by atoms with Gasteiger partial charge in [0.15, 0.2) is 6.61 Å². The molecule has 22 heavy (non-hydrogen) atoms. The minimum atomic E-state index is -0.708. The molecule has 1 aromatic heterocycles. The lowest BCUT2D eigenvalue weighted by Gasteiger charge is -2.08. The molecule has 0 saturated heterocycles. The maximum absolute atomic E-state index is 11.6. The minimum absolute atomic E-state index is 0.0852. The van der Waals surface area contributed by atoms with Gasteiger partial charge in [0.1, 0.15) is 12.3 Å². The first-order valence-corrected chi connectivity index (χ1v) is 6.45. The Balaban J connectivity index is 1.84. The average Bonchev–Trinajstić information content (AvgIpc) is 2.50. The lowest BCUT2D eigenvalue weighted by atomic mass is 10.3. The van der Waals surface area contributed by atoms with Crippen LogP contribution in [0.2, 0.25) is 0 Å². The lowest BCUT2D eigenvalue weighted by Crippen LogP contribution is -2.26. The van der Waals surface area contributed by atoms with Crippen molar-refractivity contribution < 1.29 is 19.4 Å². The molecule has 0 atom stereocenters. The van der Waals surface area contributed by atoms with E-state index >= 15 is 0 Å². The summed E-state index contributed by atoms with van der Waals surface area (Å²) in [5.74, 6) is -1.38. The number of esters is 1. The number of carbonyl (C=O) groups is 2. The van der Waals surface area contributed by atoms with E-state index < -0.39 is 18.5 Å². The van der Waals surface area contributed by atoms with E-state index in [-0.39, 0.29) is 23.5 Å². The predicted octanol–water partition coefficient (Wildman–Crippen LogP) is 0.736. The van der Waals surface area contributed by atoms with Gasteiger partial charge in [0.2, 0.25) is 0 Å². The van der Waals surface area contributed by atoms with Gasteiger partial charge in [-0.3, -0.25) is 14.4 Å². The van der Waals surface area contributed by atoms with Crippen LogP contribution >= 0.6 is 0 Å². The standard InChI is InChI=1S/C15H14N2O5/c18-12-6-2-1-5-11(12)16-13(19)10-22-15(21)9-17-8-4-3-7-14(17)20/h1-8,18H,9-10H2,(H,16,19). The Bertz CT molecular complexity index is 738. The Morgan fingerprint density at radius 1 is 1.14 bits per heavy atom. The van der Waals surface area contributed by atoms with Crippen molar-refractivity contribution in [3.8, 4) is 5.75 Å². The number of benzene rings is 1. The number of phenols is 1. The molecule has 7 heteroatoms. The summed E-state index contributed by atoms with van der Waals surface area (Å²) in [6.45, 7) is -0.779. The molecular formula is C15H14N2O5. The highest BCUT2D eigenvalue weighted by atomic mass is 16.5. The molecule has 0 saturated carbocycles. The van der Waals surface area contributed by atoms with Crippen LogP contribution in [0.4, 0.5) is 5.69 Å². The van der Waals surface area contributed by atoms with Gasteiger partial charge in [-0.25, -0.2) is 0 Å². The summed E-state index contributed by atoms with van der Waals surface area (Å²) in [6, 6.07) is 10.7. The van der Waals surface area contributed by atoms with Crippen molar-refractivity contribution in [3.63, 3.8) is 0 Å². The highest BCUT2D eigenvalue weighted by molar-refractivity contribution is 5.94. The second-order valence-corrected chi connectivity index (χ2v) is 4.39. The number of pyridine rings is 1. The van der Waals surface area contributed by atoms with Crippen LogP contribution in [0, 0.1) is 0 Å². The normalized spacial score (nSPS) is 10.0. The zero-order chi connectivity index (χ0) is 15.9. The highest BCUT2D eigenvalue weighted by Gasteiger charge is 2.10. The highest BCUT2D eigenvalue weighted by Crippen LogP contribution is 2.21. The second kappa shape index (κ2) is 7.07. The number of carbonyl (C=O) groups excluding carboxylic acids is 2. The molecule has 2 aromatic rings. The second-order valence-electron chi connectivity index (χ2n) is 4.39. The maximum Gasteiger partial charge on any atom is 0.326 e. The van der Waals surface area contributed by atoms with Gasteiger partial charge < -0.3 is 19.7 Å². The van der Waals surface area contributed by atoms with E-state index in [1.807, 2.05) is 0 Å².